The number of hydrogen-bond donors (Lipinski definition) is 1. The molecular formula is C32H27BrIN3O6S. The molecular weight excluding hydrogens is 761 g/mol. The minimum Gasteiger partial charge on any atom is -0.497 e. The van der Waals surface area contributed by atoms with Crippen molar-refractivity contribution in [2.24, 2.45) is 4.99 Å². The fourth-order valence-corrected chi connectivity index (χ4v) is 7.52. The highest BCUT2D eigenvalue weighted by molar-refractivity contribution is 14.1. The first-order valence-electron chi connectivity index (χ1n) is 13.5. The highest BCUT2D eigenvalue weighted by Crippen LogP contribution is 2.33. The van der Waals surface area contributed by atoms with Crippen molar-refractivity contribution >= 4 is 73.5 Å². The molecule has 5 rings (SSSR count). The summed E-state index contributed by atoms with van der Waals surface area (Å²) in [5.41, 5.74) is 2.42. The van der Waals surface area contributed by atoms with E-state index in [1.54, 1.807) is 49.8 Å². The van der Waals surface area contributed by atoms with Crippen LogP contribution in [0.1, 0.15) is 31.0 Å². The molecule has 1 aliphatic heterocycles. The number of rotatable bonds is 9. The Kier molecular flexibility index (Phi) is 10.0. The number of hydrogen-bond acceptors (Lipinski definition) is 8. The summed E-state index contributed by atoms with van der Waals surface area (Å²) in [4.78, 5) is 45.2. The molecule has 1 amide bonds. The Morgan fingerprint density at radius 3 is 2.64 bits per heavy atom. The van der Waals surface area contributed by atoms with Gasteiger partial charge >= 0.3 is 5.97 Å². The monoisotopic (exact) mass is 787 g/mol. The molecule has 0 bridgehead atoms. The van der Waals surface area contributed by atoms with Crippen LogP contribution in [0, 0.1) is 3.57 Å². The maximum atomic E-state index is 14.2. The molecule has 0 saturated carbocycles. The van der Waals surface area contributed by atoms with Gasteiger partial charge in [0.05, 0.1) is 39.1 Å². The number of ether oxygens (including phenoxy) is 3. The maximum absolute atomic E-state index is 14.2. The molecule has 0 saturated heterocycles. The molecule has 44 heavy (non-hydrogen) atoms. The van der Waals surface area contributed by atoms with E-state index < -0.39 is 12.0 Å². The van der Waals surface area contributed by atoms with Gasteiger partial charge in [-0.25, -0.2) is 9.79 Å². The first kappa shape index (κ1) is 31.7. The summed E-state index contributed by atoms with van der Waals surface area (Å²) in [6, 6.07) is 19.3. The summed E-state index contributed by atoms with van der Waals surface area (Å²) >= 11 is 6.84. The average molecular weight is 788 g/mol. The standard InChI is InChI=1S/C32H27BrIN3O6S/c1-4-42-26(38)17-43-29-20(13-21(33)16-24(29)34)15-25-31(40)37-28(19-9-8-12-23(14-19)41-3)27(18(2)35-32(37)44-25)30(39)36-22-10-6-5-7-11-22/h5-16,28H,4,17H2,1-3H3,(H,36,39)/b25-15-/t28-/m1/s1. The fourth-order valence-electron chi connectivity index (χ4n) is 4.77. The molecule has 0 spiro atoms. The second-order valence-electron chi connectivity index (χ2n) is 9.58. The number of fused-ring (bicyclic) bond motifs is 1. The molecule has 1 aliphatic rings. The number of esters is 1. The lowest BCUT2D eigenvalue weighted by Gasteiger charge is -2.25. The summed E-state index contributed by atoms with van der Waals surface area (Å²) in [6.45, 7) is 3.46. The van der Waals surface area contributed by atoms with Crippen molar-refractivity contribution in [2.45, 2.75) is 19.9 Å². The number of anilines is 1. The maximum Gasteiger partial charge on any atom is 0.344 e. The number of para-hydroxylation sites is 1. The number of nitrogens with one attached hydrogen (secondary N) is 1. The predicted molar refractivity (Wildman–Crippen MR) is 181 cm³/mol. The largest absolute Gasteiger partial charge is 0.497 e. The smallest absolute Gasteiger partial charge is 0.344 e. The van der Waals surface area contributed by atoms with Crippen LogP contribution in [0.5, 0.6) is 11.5 Å². The van der Waals surface area contributed by atoms with Crippen LogP contribution < -0.4 is 29.7 Å². The second-order valence-corrected chi connectivity index (χ2v) is 12.7. The molecule has 1 aromatic heterocycles. The number of allylic oxidation sites excluding steroid dienone is 1. The normalized spacial score (nSPS) is 14.5. The van der Waals surface area contributed by atoms with Gasteiger partial charge in [0.1, 0.15) is 11.5 Å². The van der Waals surface area contributed by atoms with Gasteiger partial charge in [0, 0.05) is 15.7 Å². The van der Waals surface area contributed by atoms with Crippen molar-refractivity contribution < 1.29 is 23.8 Å². The van der Waals surface area contributed by atoms with Crippen LogP contribution in [0.4, 0.5) is 5.69 Å². The average Bonchev–Trinajstić information content (AvgIpc) is 3.30. The minimum absolute atomic E-state index is 0.243. The third-order valence-electron chi connectivity index (χ3n) is 6.67. The first-order chi connectivity index (χ1) is 21.2. The molecule has 3 aromatic carbocycles. The molecule has 0 aliphatic carbocycles. The van der Waals surface area contributed by atoms with Gasteiger partial charge in [-0.1, -0.05) is 57.6 Å². The minimum atomic E-state index is -0.769. The molecule has 1 atom stereocenters. The number of methoxy groups -OCH3 is 1. The van der Waals surface area contributed by atoms with E-state index in [9.17, 15) is 14.4 Å². The van der Waals surface area contributed by atoms with Crippen LogP contribution in [-0.4, -0.2) is 36.8 Å². The van der Waals surface area contributed by atoms with Gasteiger partial charge in [0.2, 0.25) is 0 Å². The Bertz CT molecular complexity index is 1950. The topological polar surface area (TPSA) is 108 Å². The van der Waals surface area contributed by atoms with Gasteiger partial charge in [-0.05, 0) is 84.5 Å². The molecule has 0 unspecified atom stereocenters. The van der Waals surface area contributed by atoms with Crippen LogP contribution in [0.3, 0.4) is 0 Å². The zero-order chi connectivity index (χ0) is 31.4. The van der Waals surface area contributed by atoms with Gasteiger partial charge in [-0.15, -0.1) is 0 Å². The highest BCUT2D eigenvalue weighted by Gasteiger charge is 2.33. The van der Waals surface area contributed by atoms with Crippen molar-refractivity contribution in [3.63, 3.8) is 0 Å². The van der Waals surface area contributed by atoms with Crippen LogP contribution >= 0.6 is 49.9 Å². The van der Waals surface area contributed by atoms with Crippen LogP contribution in [0.2, 0.25) is 0 Å². The molecule has 0 radical (unpaired) electrons. The number of carbonyl (C=O) groups is 2. The molecule has 0 fully saturated rings. The van der Waals surface area contributed by atoms with Crippen molar-refractivity contribution in [3.8, 4) is 11.5 Å². The molecule has 12 heteroatoms. The second kappa shape index (κ2) is 13.9. The Morgan fingerprint density at radius 2 is 1.91 bits per heavy atom. The molecule has 226 valence electrons. The fraction of sp³-hybridized carbons (Fsp3) is 0.188. The highest BCUT2D eigenvalue weighted by atomic mass is 127. The number of nitrogens with zero attached hydrogens (tertiary/aromatic N) is 2. The number of halogens is 2. The van der Waals surface area contributed by atoms with E-state index in [0.717, 1.165) is 8.04 Å². The zero-order valence-corrected chi connectivity index (χ0v) is 28.5. The van der Waals surface area contributed by atoms with Crippen molar-refractivity contribution in [1.29, 1.82) is 0 Å². The Labute approximate surface area is 279 Å². The summed E-state index contributed by atoms with van der Waals surface area (Å²) in [6.07, 6.45) is 1.71. The quantitative estimate of drug-likeness (QED) is 0.185. The van der Waals surface area contributed by atoms with Crippen molar-refractivity contribution in [2.75, 3.05) is 25.6 Å². The van der Waals surface area contributed by atoms with E-state index in [1.165, 1.54) is 11.3 Å². The lowest BCUT2D eigenvalue weighted by atomic mass is 9.95. The van der Waals surface area contributed by atoms with E-state index in [-0.39, 0.29) is 24.7 Å². The number of carbonyl (C=O) groups excluding carboxylic acids is 2. The van der Waals surface area contributed by atoms with E-state index in [2.05, 4.69) is 43.8 Å². The van der Waals surface area contributed by atoms with E-state index in [0.29, 0.717) is 48.9 Å². The molecule has 1 N–H and O–H groups in total. The van der Waals surface area contributed by atoms with Crippen molar-refractivity contribution in [3.05, 3.63) is 117 Å². The third-order valence-corrected chi connectivity index (χ3v) is 8.91. The van der Waals surface area contributed by atoms with Gasteiger partial charge in [-0.2, -0.15) is 0 Å². The van der Waals surface area contributed by atoms with Crippen LogP contribution in [0.15, 0.2) is 92.3 Å². The van der Waals surface area contributed by atoms with Gasteiger partial charge in [0.15, 0.2) is 11.4 Å². The zero-order valence-electron chi connectivity index (χ0n) is 23.9. The third kappa shape index (κ3) is 6.81. The lowest BCUT2D eigenvalue weighted by Crippen LogP contribution is -2.40. The predicted octanol–water partition coefficient (Wildman–Crippen LogP) is 5.19. The molecule has 4 aromatic rings. The van der Waals surface area contributed by atoms with Crippen LogP contribution in [0.25, 0.3) is 6.08 Å². The Morgan fingerprint density at radius 1 is 1.14 bits per heavy atom. The number of thiazole rings is 1. The lowest BCUT2D eigenvalue weighted by molar-refractivity contribution is -0.145. The Balaban J connectivity index is 1.66. The van der Waals surface area contributed by atoms with Gasteiger partial charge in [-0.3, -0.25) is 14.2 Å². The Hall–Kier alpha value is -3.75. The van der Waals surface area contributed by atoms with E-state index >= 15 is 0 Å². The number of amides is 1. The molecule has 9 nitrogen and oxygen atoms in total. The summed E-state index contributed by atoms with van der Waals surface area (Å²) < 4.78 is 19.8. The van der Waals surface area contributed by atoms with Gasteiger partial charge in [0.25, 0.3) is 11.5 Å². The van der Waals surface area contributed by atoms with Gasteiger partial charge < -0.3 is 19.5 Å². The van der Waals surface area contributed by atoms with Crippen molar-refractivity contribution in [1.82, 2.24) is 4.57 Å². The van der Waals surface area contributed by atoms with Crippen LogP contribution in [-0.2, 0) is 14.3 Å². The van der Waals surface area contributed by atoms with E-state index in [1.807, 2.05) is 48.5 Å². The number of aromatic nitrogens is 1. The summed E-state index contributed by atoms with van der Waals surface area (Å²) in [5, 5.41) is 2.95. The number of benzene rings is 3. The summed E-state index contributed by atoms with van der Waals surface area (Å²) in [5.74, 6) is 0.174. The molecule has 2 heterocycles. The summed E-state index contributed by atoms with van der Waals surface area (Å²) in [7, 11) is 1.57. The van der Waals surface area contributed by atoms with E-state index in [4.69, 9.17) is 19.2 Å². The first-order valence-corrected chi connectivity index (χ1v) is 16.2. The SMILES string of the molecule is CCOC(=O)COc1c(I)cc(Br)cc1/C=c1\sc2n(c1=O)[C@H](c1cccc(OC)c1)C(C(=O)Nc1ccccc1)=C(C)N=2.